The molecular weight excluding hydrogens is 384 g/mol. The highest BCUT2D eigenvalue weighted by Gasteiger charge is 2.47. The number of carbonyl (C=O) groups excluding carboxylic acids is 4. The first-order valence-electron chi connectivity index (χ1n) is 9.13. The van der Waals surface area contributed by atoms with Crippen molar-refractivity contribution >= 4 is 41.0 Å². The standard InChI is InChI=1S/C20H21ClN2O5/c1-12(18(25)22-14-6-4-5-13(21)11-14)28-17(24)9-10-23-19(26)15-7-2-3-8-16(15)20(23)27/h2-6,11-12,15-16H,7-10H2,1H3,(H,22,25)/t12-,15-,16+/m1/s1. The van der Waals surface area contributed by atoms with E-state index in [4.69, 9.17) is 16.3 Å². The first-order valence-corrected chi connectivity index (χ1v) is 9.50. The summed E-state index contributed by atoms with van der Waals surface area (Å²) >= 11 is 5.86. The molecule has 1 aromatic carbocycles. The summed E-state index contributed by atoms with van der Waals surface area (Å²) in [6.07, 6.45) is 3.74. The van der Waals surface area contributed by atoms with Crippen LogP contribution >= 0.6 is 11.6 Å². The molecule has 0 radical (unpaired) electrons. The molecule has 3 atom stereocenters. The van der Waals surface area contributed by atoms with E-state index in [1.54, 1.807) is 24.3 Å². The van der Waals surface area contributed by atoms with Crippen LogP contribution in [-0.4, -0.2) is 41.2 Å². The van der Waals surface area contributed by atoms with Crippen molar-refractivity contribution in [3.05, 3.63) is 41.4 Å². The molecular formula is C20H21ClN2O5. The predicted molar refractivity (Wildman–Crippen MR) is 102 cm³/mol. The number of nitrogens with one attached hydrogen (secondary N) is 1. The molecule has 7 nitrogen and oxygen atoms in total. The number of nitrogens with zero attached hydrogens (tertiary/aromatic N) is 1. The van der Waals surface area contributed by atoms with E-state index in [9.17, 15) is 19.2 Å². The van der Waals surface area contributed by atoms with Crippen LogP contribution in [0.3, 0.4) is 0 Å². The molecule has 0 spiro atoms. The summed E-state index contributed by atoms with van der Waals surface area (Å²) in [4.78, 5) is 50.1. The number of fused-ring (bicyclic) bond motifs is 1. The second-order valence-electron chi connectivity index (χ2n) is 6.87. The number of halogens is 1. The van der Waals surface area contributed by atoms with Gasteiger partial charge >= 0.3 is 5.97 Å². The summed E-state index contributed by atoms with van der Waals surface area (Å²) in [7, 11) is 0. The molecule has 1 N–H and O–H groups in total. The minimum absolute atomic E-state index is 0.0356. The molecule has 0 aromatic heterocycles. The molecule has 148 valence electrons. The molecule has 0 unspecified atom stereocenters. The minimum Gasteiger partial charge on any atom is -0.452 e. The number of benzene rings is 1. The molecule has 8 heteroatoms. The lowest BCUT2D eigenvalue weighted by Gasteiger charge is -2.16. The molecule has 2 aliphatic rings. The smallest absolute Gasteiger partial charge is 0.308 e. The lowest BCUT2D eigenvalue weighted by molar-refractivity contribution is -0.154. The summed E-state index contributed by atoms with van der Waals surface area (Å²) in [5, 5.41) is 3.08. The Balaban J connectivity index is 1.48. The third-order valence-corrected chi connectivity index (χ3v) is 5.14. The summed E-state index contributed by atoms with van der Waals surface area (Å²) in [6, 6.07) is 6.60. The van der Waals surface area contributed by atoms with Gasteiger partial charge in [-0.2, -0.15) is 0 Å². The van der Waals surface area contributed by atoms with Crippen LogP contribution in [0, 0.1) is 11.8 Å². The SMILES string of the molecule is C[C@@H](OC(=O)CCN1C(=O)[C@H]2CC=CC[C@H]2C1=O)C(=O)Nc1cccc(Cl)c1. The Kier molecular flexibility index (Phi) is 6.14. The summed E-state index contributed by atoms with van der Waals surface area (Å²) in [5.41, 5.74) is 0.491. The molecule has 1 heterocycles. The number of anilines is 1. The van der Waals surface area contributed by atoms with Gasteiger partial charge in [0.05, 0.1) is 18.3 Å². The molecule has 1 aliphatic heterocycles. The fourth-order valence-electron chi connectivity index (χ4n) is 3.41. The van der Waals surface area contributed by atoms with Crippen LogP contribution in [0.15, 0.2) is 36.4 Å². The molecule has 1 saturated heterocycles. The number of carbonyl (C=O) groups is 4. The highest BCUT2D eigenvalue weighted by molar-refractivity contribution is 6.30. The van der Waals surface area contributed by atoms with Crippen molar-refractivity contribution in [1.29, 1.82) is 0 Å². The van der Waals surface area contributed by atoms with E-state index in [1.165, 1.54) is 6.92 Å². The van der Waals surface area contributed by atoms with Crippen LogP contribution in [0.4, 0.5) is 5.69 Å². The van der Waals surface area contributed by atoms with Gasteiger partial charge < -0.3 is 10.1 Å². The number of rotatable bonds is 6. The van der Waals surface area contributed by atoms with Gasteiger partial charge in [-0.25, -0.2) is 0 Å². The maximum absolute atomic E-state index is 12.4. The van der Waals surface area contributed by atoms with Crippen LogP contribution in [0.25, 0.3) is 0 Å². The van der Waals surface area contributed by atoms with Gasteiger partial charge in [0.1, 0.15) is 0 Å². The number of likely N-dealkylation sites (tertiary alicyclic amines) is 1. The Morgan fingerprint density at radius 2 is 1.86 bits per heavy atom. The van der Waals surface area contributed by atoms with Gasteiger partial charge in [-0.05, 0) is 38.0 Å². The van der Waals surface area contributed by atoms with Crippen molar-refractivity contribution in [3.63, 3.8) is 0 Å². The number of imide groups is 1. The maximum Gasteiger partial charge on any atom is 0.308 e. The van der Waals surface area contributed by atoms with Gasteiger partial charge in [-0.3, -0.25) is 24.1 Å². The number of hydrogen-bond donors (Lipinski definition) is 1. The average Bonchev–Trinajstić information content (AvgIpc) is 2.91. The highest BCUT2D eigenvalue weighted by Crippen LogP contribution is 2.35. The Morgan fingerprint density at radius 1 is 1.21 bits per heavy atom. The molecule has 28 heavy (non-hydrogen) atoms. The largest absolute Gasteiger partial charge is 0.452 e. The van der Waals surface area contributed by atoms with E-state index in [2.05, 4.69) is 5.32 Å². The van der Waals surface area contributed by atoms with Crippen LogP contribution < -0.4 is 5.32 Å². The van der Waals surface area contributed by atoms with Gasteiger partial charge in [-0.1, -0.05) is 29.8 Å². The van der Waals surface area contributed by atoms with Crippen molar-refractivity contribution in [2.75, 3.05) is 11.9 Å². The Labute approximate surface area is 167 Å². The van der Waals surface area contributed by atoms with Crippen molar-refractivity contribution in [1.82, 2.24) is 4.90 Å². The maximum atomic E-state index is 12.4. The Morgan fingerprint density at radius 3 is 2.46 bits per heavy atom. The topological polar surface area (TPSA) is 92.8 Å². The van der Waals surface area contributed by atoms with Gasteiger partial charge in [0, 0.05) is 17.3 Å². The summed E-state index contributed by atoms with van der Waals surface area (Å²) in [6.45, 7) is 1.41. The van der Waals surface area contributed by atoms with Gasteiger partial charge in [0.25, 0.3) is 5.91 Å². The Hall–Kier alpha value is -2.67. The monoisotopic (exact) mass is 404 g/mol. The van der Waals surface area contributed by atoms with Crippen LogP contribution in [-0.2, 0) is 23.9 Å². The van der Waals surface area contributed by atoms with E-state index < -0.39 is 18.0 Å². The number of amides is 3. The van der Waals surface area contributed by atoms with E-state index in [0.717, 1.165) is 4.90 Å². The van der Waals surface area contributed by atoms with Crippen LogP contribution in [0.5, 0.6) is 0 Å². The van der Waals surface area contributed by atoms with Crippen molar-refractivity contribution < 1.29 is 23.9 Å². The fraction of sp³-hybridized carbons (Fsp3) is 0.400. The quantitative estimate of drug-likeness (QED) is 0.447. The first kappa shape index (κ1) is 20.1. The van der Waals surface area contributed by atoms with Crippen LogP contribution in [0.1, 0.15) is 26.2 Å². The first-order chi connectivity index (χ1) is 13.4. The molecule has 1 fully saturated rings. The fourth-order valence-corrected chi connectivity index (χ4v) is 3.60. The normalized spacial score (nSPS) is 22.0. The summed E-state index contributed by atoms with van der Waals surface area (Å²) < 4.78 is 5.12. The molecule has 3 rings (SSSR count). The van der Waals surface area contributed by atoms with Gasteiger partial charge in [0.2, 0.25) is 11.8 Å². The van der Waals surface area contributed by atoms with Crippen LogP contribution in [0.2, 0.25) is 5.02 Å². The third kappa shape index (κ3) is 4.42. The second-order valence-corrected chi connectivity index (χ2v) is 7.30. The van der Waals surface area contributed by atoms with Crippen molar-refractivity contribution in [3.8, 4) is 0 Å². The minimum atomic E-state index is -1.02. The van der Waals surface area contributed by atoms with E-state index in [1.807, 2.05) is 12.2 Å². The third-order valence-electron chi connectivity index (χ3n) is 4.91. The lowest BCUT2D eigenvalue weighted by atomic mass is 9.85. The predicted octanol–water partition coefficient (Wildman–Crippen LogP) is 2.55. The lowest BCUT2D eigenvalue weighted by Crippen LogP contribution is -2.35. The number of allylic oxidation sites excluding steroid dienone is 2. The molecule has 0 saturated carbocycles. The molecule has 3 amide bonds. The highest BCUT2D eigenvalue weighted by atomic mass is 35.5. The van der Waals surface area contributed by atoms with Gasteiger partial charge in [-0.15, -0.1) is 0 Å². The van der Waals surface area contributed by atoms with E-state index in [0.29, 0.717) is 23.6 Å². The van der Waals surface area contributed by atoms with E-state index in [-0.39, 0.29) is 36.6 Å². The Bertz CT molecular complexity index is 812. The average molecular weight is 405 g/mol. The molecule has 1 aliphatic carbocycles. The number of hydrogen-bond acceptors (Lipinski definition) is 5. The van der Waals surface area contributed by atoms with Crippen molar-refractivity contribution in [2.45, 2.75) is 32.3 Å². The molecule has 0 bridgehead atoms. The zero-order chi connectivity index (χ0) is 20.3. The number of esters is 1. The zero-order valence-corrected chi connectivity index (χ0v) is 16.1. The summed E-state index contributed by atoms with van der Waals surface area (Å²) in [5.74, 6) is -2.27. The molecule has 1 aromatic rings. The zero-order valence-electron chi connectivity index (χ0n) is 15.4. The van der Waals surface area contributed by atoms with E-state index >= 15 is 0 Å². The van der Waals surface area contributed by atoms with Crippen molar-refractivity contribution in [2.24, 2.45) is 11.8 Å². The number of ether oxygens (including phenoxy) is 1. The second kappa shape index (κ2) is 8.56. The van der Waals surface area contributed by atoms with Gasteiger partial charge in [0.15, 0.2) is 6.10 Å².